The van der Waals surface area contributed by atoms with E-state index in [0.29, 0.717) is 23.8 Å². The number of nitrogens with one attached hydrogen (secondary N) is 3. The van der Waals surface area contributed by atoms with Crippen molar-refractivity contribution in [3.8, 4) is 0 Å². The van der Waals surface area contributed by atoms with Crippen LogP contribution < -0.4 is 16.1 Å². The third-order valence-corrected chi connectivity index (χ3v) is 10.9. The first-order valence-corrected chi connectivity index (χ1v) is 17.1. The molecule has 1 saturated carbocycles. The van der Waals surface area contributed by atoms with Crippen LogP contribution in [0.15, 0.2) is 94.7 Å². The lowest BCUT2D eigenvalue weighted by Gasteiger charge is -2.39. The molecule has 6 rings (SSSR count). The van der Waals surface area contributed by atoms with Gasteiger partial charge in [-0.2, -0.15) is 0 Å². The van der Waals surface area contributed by atoms with Gasteiger partial charge in [0, 0.05) is 47.3 Å². The molecule has 2 fully saturated rings. The average molecular weight is 600 g/mol. The monoisotopic (exact) mass is 599 g/mol. The zero-order valence-electron chi connectivity index (χ0n) is 26.0. The van der Waals surface area contributed by atoms with Gasteiger partial charge in [-0.05, 0) is 93.4 Å². The first kappa shape index (κ1) is 30.6. The van der Waals surface area contributed by atoms with Crippen molar-refractivity contribution in [2.24, 2.45) is 34.6 Å². The van der Waals surface area contributed by atoms with Crippen LogP contribution in [0.2, 0.25) is 0 Å². The van der Waals surface area contributed by atoms with Gasteiger partial charge in [0.15, 0.2) is 0 Å². The molecule has 2 aliphatic heterocycles. The third-order valence-electron chi connectivity index (χ3n) is 10.6. The van der Waals surface area contributed by atoms with Crippen LogP contribution in [0, 0.1) is 29.6 Å². The third kappa shape index (κ3) is 7.28. The van der Waals surface area contributed by atoms with E-state index < -0.39 is 0 Å². The maximum Gasteiger partial charge on any atom is 0.121 e. The number of fused-ring (bicyclic) bond motifs is 1. The lowest BCUT2D eigenvalue weighted by Crippen LogP contribution is -2.57. The fraction of sp³-hybridized carbons (Fsp3) is 0.541. The Labute approximate surface area is 264 Å². The molecule has 1 saturated heterocycles. The number of nitrogens with zero attached hydrogens (tertiary/aromatic N) is 2. The van der Waals surface area contributed by atoms with Gasteiger partial charge in [-0.3, -0.25) is 4.99 Å². The van der Waals surface area contributed by atoms with Gasteiger partial charge in [0.2, 0.25) is 0 Å². The number of hydrazine groups is 1. The van der Waals surface area contributed by atoms with Crippen LogP contribution in [-0.4, -0.2) is 42.2 Å². The van der Waals surface area contributed by atoms with Gasteiger partial charge in [-0.1, -0.05) is 85.8 Å². The quantitative estimate of drug-likeness (QED) is 0.265. The molecule has 3 aliphatic carbocycles. The Hall–Kier alpha value is -2.44. The number of rotatable bonds is 10. The Kier molecular flexibility index (Phi) is 10.0. The van der Waals surface area contributed by atoms with Crippen LogP contribution in [0.4, 0.5) is 0 Å². The molecule has 6 atom stereocenters. The van der Waals surface area contributed by atoms with Gasteiger partial charge >= 0.3 is 0 Å². The second-order valence-electron chi connectivity index (χ2n) is 13.5. The fourth-order valence-corrected chi connectivity index (χ4v) is 7.91. The van der Waals surface area contributed by atoms with Crippen LogP contribution in [0.3, 0.4) is 0 Å². The minimum Gasteiger partial charge on any atom is -0.388 e. The van der Waals surface area contributed by atoms with Crippen molar-refractivity contribution in [2.45, 2.75) is 83.6 Å². The normalized spacial score (nSPS) is 34.3. The van der Waals surface area contributed by atoms with Crippen molar-refractivity contribution < 1.29 is 0 Å². The fourth-order valence-electron chi connectivity index (χ4n) is 7.62. The Morgan fingerprint density at radius 2 is 1.79 bits per heavy atom. The SMILES string of the molecule is C=C(NCC1CCC(CNC2CC(C3=C(Cl)C=CCC3)=NC3C(C)C(C)NN23)CC1)C1C=CC=CC1Cc1ccccc1. The minimum absolute atomic E-state index is 0.163. The maximum absolute atomic E-state index is 6.66. The van der Waals surface area contributed by atoms with Gasteiger partial charge in [-0.25, -0.2) is 10.4 Å². The zero-order chi connectivity index (χ0) is 29.8. The predicted octanol–water partition coefficient (Wildman–Crippen LogP) is 7.27. The van der Waals surface area contributed by atoms with E-state index in [0.717, 1.165) is 55.6 Å². The van der Waals surface area contributed by atoms with Crippen LogP contribution in [0.5, 0.6) is 0 Å². The van der Waals surface area contributed by atoms with E-state index in [1.807, 2.05) is 0 Å². The van der Waals surface area contributed by atoms with E-state index in [1.165, 1.54) is 48.2 Å². The molecule has 0 bridgehead atoms. The van der Waals surface area contributed by atoms with Crippen molar-refractivity contribution in [3.05, 3.63) is 95.2 Å². The van der Waals surface area contributed by atoms with E-state index in [1.54, 1.807) is 0 Å². The highest BCUT2D eigenvalue weighted by Gasteiger charge is 2.43. The first-order chi connectivity index (χ1) is 21.0. The van der Waals surface area contributed by atoms with Crippen molar-refractivity contribution >= 4 is 17.3 Å². The molecule has 43 heavy (non-hydrogen) atoms. The van der Waals surface area contributed by atoms with E-state index in [-0.39, 0.29) is 12.3 Å². The highest BCUT2D eigenvalue weighted by Crippen LogP contribution is 2.35. The van der Waals surface area contributed by atoms with E-state index in [4.69, 9.17) is 16.6 Å². The average Bonchev–Trinajstić information content (AvgIpc) is 3.33. The number of allylic oxidation sites excluding steroid dienone is 8. The minimum atomic E-state index is 0.163. The Bertz CT molecular complexity index is 1270. The van der Waals surface area contributed by atoms with Crippen molar-refractivity contribution in [3.63, 3.8) is 0 Å². The molecule has 2 heterocycles. The Morgan fingerprint density at radius 1 is 1.05 bits per heavy atom. The van der Waals surface area contributed by atoms with E-state index in [9.17, 15) is 0 Å². The number of aliphatic imine (C=N–C) groups is 1. The van der Waals surface area contributed by atoms with Gasteiger partial charge in [0.25, 0.3) is 0 Å². The number of halogens is 1. The summed E-state index contributed by atoms with van der Waals surface area (Å²) in [7, 11) is 0. The molecule has 0 amide bonds. The highest BCUT2D eigenvalue weighted by atomic mass is 35.5. The van der Waals surface area contributed by atoms with Crippen LogP contribution in [0.1, 0.15) is 64.4 Å². The second-order valence-corrected chi connectivity index (χ2v) is 13.9. The van der Waals surface area contributed by atoms with Crippen LogP contribution >= 0.6 is 11.6 Å². The summed E-state index contributed by atoms with van der Waals surface area (Å²) in [6.45, 7) is 11.2. The van der Waals surface area contributed by atoms with Gasteiger partial charge in [0.1, 0.15) is 6.17 Å². The van der Waals surface area contributed by atoms with Gasteiger partial charge < -0.3 is 10.6 Å². The number of hydrogen-bond donors (Lipinski definition) is 3. The molecule has 1 aromatic carbocycles. The smallest absolute Gasteiger partial charge is 0.121 e. The summed E-state index contributed by atoms with van der Waals surface area (Å²) in [5.41, 5.74) is 8.75. The van der Waals surface area contributed by atoms with Gasteiger partial charge in [0.05, 0.1) is 6.17 Å². The lowest BCUT2D eigenvalue weighted by atomic mass is 9.80. The molecule has 0 aromatic heterocycles. The molecule has 5 aliphatic rings. The second kappa shape index (κ2) is 14.1. The lowest BCUT2D eigenvalue weighted by molar-refractivity contribution is 0.0781. The molecule has 6 heteroatoms. The first-order valence-electron chi connectivity index (χ1n) is 16.7. The van der Waals surface area contributed by atoms with Crippen LogP contribution in [-0.2, 0) is 6.42 Å². The molecule has 0 spiro atoms. The van der Waals surface area contributed by atoms with E-state index in [2.05, 4.69) is 108 Å². The van der Waals surface area contributed by atoms with Crippen molar-refractivity contribution in [1.82, 2.24) is 21.1 Å². The summed E-state index contributed by atoms with van der Waals surface area (Å²) < 4.78 is 0. The van der Waals surface area contributed by atoms with Crippen LogP contribution in [0.25, 0.3) is 0 Å². The molecule has 6 unspecified atom stereocenters. The molecule has 3 N–H and O–H groups in total. The van der Waals surface area contributed by atoms with Gasteiger partial charge in [-0.15, -0.1) is 0 Å². The maximum atomic E-state index is 6.66. The predicted molar refractivity (Wildman–Crippen MR) is 180 cm³/mol. The summed E-state index contributed by atoms with van der Waals surface area (Å²) >= 11 is 6.66. The van der Waals surface area contributed by atoms with E-state index >= 15 is 0 Å². The molecule has 1 aromatic rings. The van der Waals surface area contributed by atoms with Crippen molar-refractivity contribution in [2.75, 3.05) is 13.1 Å². The summed E-state index contributed by atoms with van der Waals surface area (Å²) in [5.74, 6) is 2.71. The zero-order valence-corrected chi connectivity index (χ0v) is 26.8. The molecular formula is C37H50ClN5. The molecule has 5 nitrogen and oxygen atoms in total. The number of hydrogen-bond acceptors (Lipinski definition) is 5. The highest BCUT2D eigenvalue weighted by molar-refractivity contribution is 6.34. The Morgan fingerprint density at radius 3 is 2.56 bits per heavy atom. The number of benzene rings is 1. The summed E-state index contributed by atoms with van der Waals surface area (Å²) in [6.07, 6.45) is 22.8. The molecular weight excluding hydrogens is 550 g/mol. The standard InChI is InChI=1S/C37H50ClN5/c1-25-26(2)42-43-36(22-35(41-37(25)43)33-15-9-10-16-34(33)38)40-24-30-19-17-29(18-20-30)23-39-27(3)32-14-8-7-13-31(32)21-28-11-5-4-6-12-28/h4-8,10-14,16,25-26,29-32,36-37,39-40,42H,3,9,15,17-24H2,1-2H3. The summed E-state index contributed by atoms with van der Waals surface area (Å²) in [4.78, 5) is 5.24. The molecule has 230 valence electrons. The van der Waals surface area contributed by atoms with Crippen molar-refractivity contribution in [1.29, 1.82) is 0 Å². The Balaban J connectivity index is 0.976. The summed E-state index contributed by atoms with van der Waals surface area (Å²) in [5, 5.41) is 11.0. The summed E-state index contributed by atoms with van der Waals surface area (Å²) in [6, 6.07) is 11.2. The topological polar surface area (TPSA) is 51.7 Å². The largest absolute Gasteiger partial charge is 0.388 e. The molecule has 0 radical (unpaired) electrons.